The van der Waals surface area contributed by atoms with Crippen LogP contribution in [-0.4, -0.2) is 18.8 Å². The smallest absolute Gasteiger partial charge is 0.316 e. The molecule has 0 saturated heterocycles. The van der Waals surface area contributed by atoms with E-state index in [4.69, 9.17) is 4.74 Å². The van der Waals surface area contributed by atoms with Crippen LogP contribution in [0.4, 0.5) is 0 Å². The largest absolute Gasteiger partial charge is 0.465 e. The molecule has 1 aliphatic carbocycles. The first-order valence-electron chi connectivity index (χ1n) is 5.55. The topological polar surface area (TPSA) is 26.3 Å². The zero-order valence-electron chi connectivity index (χ0n) is 9.66. The van der Waals surface area contributed by atoms with E-state index in [1.807, 2.05) is 25.3 Å². The van der Waals surface area contributed by atoms with Crippen LogP contribution in [0, 0.1) is 0 Å². The molecule has 0 aromatic heterocycles. The lowest BCUT2D eigenvalue weighted by atomic mass is 9.96. The number of carbonyl (C=O) groups excluding carboxylic acids is 1. The van der Waals surface area contributed by atoms with Gasteiger partial charge in [0.2, 0.25) is 0 Å². The van der Waals surface area contributed by atoms with Gasteiger partial charge < -0.3 is 4.74 Å². The van der Waals surface area contributed by atoms with Crippen LogP contribution in [0.5, 0.6) is 0 Å². The zero-order valence-corrected chi connectivity index (χ0v) is 10.5. The Morgan fingerprint density at radius 1 is 1.44 bits per heavy atom. The number of thioether (sulfide) groups is 1. The molecule has 1 saturated carbocycles. The van der Waals surface area contributed by atoms with Gasteiger partial charge in [0.15, 0.2) is 0 Å². The molecule has 1 aromatic carbocycles. The van der Waals surface area contributed by atoms with Crippen molar-refractivity contribution in [2.75, 3.05) is 12.9 Å². The Kier molecular flexibility index (Phi) is 3.24. The van der Waals surface area contributed by atoms with Gasteiger partial charge in [-0.05, 0) is 37.7 Å². The van der Waals surface area contributed by atoms with Crippen molar-refractivity contribution in [3.63, 3.8) is 0 Å². The van der Waals surface area contributed by atoms with Crippen LogP contribution in [0.25, 0.3) is 0 Å². The van der Waals surface area contributed by atoms with E-state index in [0.29, 0.717) is 6.61 Å². The fourth-order valence-corrected chi connectivity index (χ4v) is 2.72. The second-order valence-electron chi connectivity index (χ2n) is 4.00. The van der Waals surface area contributed by atoms with Gasteiger partial charge in [-0.2, -0.15) is 0 Å². The molecule has 0 aliphatic heterocycles. The summed E-state index contributed by atoms with van der Waals surface area (Å²) in [5, 5.41) is 0. The maximum absolute atomic E-state index is 12.0. The van der Waals surface area contributed by atoms with E-state index in [9.17, 15) is 4.79 Å². The van der Waals surface area contributed by atoms with E-state index in [2.05, 4.69) is 12.1 Å². The number of hydrogen-bond acceptors (Lipinski definition) is 3. The highest BCUT2D eigenvalue weighted by atomic mass is 32.2. The summed E-state index contributed by atoms with van der Waals surface area (Å²) in [6, 6.07) is 8.12. The summed E-state index contributed by atoms with van der Waals surface area (Å²) in [7, 11) is 0. The monoisotopic (exact) mass is 236 g/mol. The van der Waals surface area contributed by atoms with Crippen molar-refractivity contribution in [1.29, 1.82) is 0 Å². The van der Waals surface area contributed by atoms with Crippen molar-refractivity contribution in [2.24, 2.45) is 0 Å². The van der Waals surface area contributed by atoms with Crippen LogP contribution >= 0.6 is 11.8 Å². The Labute approximate surface area is 100 Å². The van der Waals surface area contributed by atoms with Gasteiger partial charge >= 0.3 is 5.97 Å². The molecule has 3 heteroatoms. The highest BCUT2D eigenvalue weighted by Crippen LogP contribution is 2.51. The number of hydrogen-bond donors (Lipinski definition) is 0. The number of ether oxygens (including phenoxy) is 1. The standard InChI is InChI=1S/C13H16O2S/c1-3-15-12(14)13(8-9-13)10-6-4-5-7-11(10)16-2/h4-7H,3,8-9H2,1-2H3. The normalized spacial score (nSPS) is 16.9. The first-order chi connectivity index (χ1) is 7.74. The van der Waals surface area contributed by atoms with E-state index in [0.717, 1.165) is 18.4 Å². The van der Waals surface area contributed by atoms with Gasteiger partial charge in [0, 0.05) is 4.90 Å². The molecule has 0 atom stereocenters. The molecule has 0 bridgehead atoms. The maximum Gasteiger partial charge on any atom is 0.316 e. The first kappa shape index (κ1) is 11.5. The van der Waals surface area contributed by atoms with E-state index < -0.39 is 0 Å². The molecule has 0 heterocycles. The zero-order chi connectivity index (χ0) is 11.6. The van der Waals surface area contributed by atoms with E-state index in [-0.39, 0.29) is 11.4 Å². The lowest BCUT2D eigenvalue weighted by Crippen LogP contribution is -2.23. The van der Waals surface area contributed by atoms with Crippen molar-refractivity contribution in [3.8, 4) is 0 Å². The fourth-order valence-electron chi connectivity index (χ4n) is 2.02. The van der Waals surface area contributed by atoms with Crippen molar-refractivity contribution >= 4 is 17.7 Å². The lowest BCUT2D eigenvalue weighted by molar-refractivity contribution is -0.146. The quantitative estimate of drug-likeness (QED) is 0.594. The van der Waals surface area contributed by atoms with Gasteiger partial charge in [-0.1, -0.05) is 18.2 Å². The molecule has 0 spiro atoms. The number of esters is 1. The van der Waals surface area contributed by atoms with Crippen molar-refractivity contribution in [1.82, 2.24) is 0 Å². The fraction of sp³-hybridized carbons (Fsp3) is 0.462. The lowest BCUT2D eigenvalue weighted by Gasteiger charge is -2.16. The van der Waals surface area contributed by atoms with Crippen LogP contribution in [-0.2, 0) is 14.9 Å². The summed E-state index contributed by atoms with van der Waals surface area (Å²) in [5.74, 6) is -0.0588. The Hall–Kier alpha value is -0.960. The molecule has 0 radical (unpaired) electrons. The minimum atomic E-state index is -0.338. The SMILES string of the molecule is CCOC(=O)C1(c2ccccc2SC)CC1. The number of carbonyl (C=O) groups is 1. The summed E-state index contributed by atoms with van der Waals surface area (Å²) in [4.78, 5) is 13.2. The van der Waals surface area contributed by atoms with Crippen LogP contribution < -0.4 is 0 Å². The third-order valence-corrected chi connectivity index (χ3v) is 3.83. The maximum atomic E-state index is 12.0. The minimum absolute atomic E-state index is 0.0588. The van der Waals surface area contributed by atoms with Crippen molar-refractivity contribution < 1.29 is 9.53 Å². The molecule has 16 heavy (non-hydrogen) atoms. The number of benzene rings is 1. The predicted octanol–water partition coefficient (Wildman–Crippen LogP) is 3.00. The molecule has 1 fully saturated rings. The minimum Gasteiger partial charge on any atom is -0.465 e. The molecule has 0 amide bonds. The van der Waals surface area contributed by atoms with Gasteiger partial charge in [-0.3, -0.25) is 4.79 Å². The second-order valence-corrected chi connectivity index (χ2v) is 4.85. The van der Waals surface area contributed by atoms with E-state index in [1.54, 1.807) is 11.8 Å². The summed E-state index contributed by atoms with van der Waals surface area (Å²) < 4.78 is 5.17. The highest BCUT2D eigenvalue weighted by Gasteiger charge is 2.53. The van der Waals surface area contributed by atoms with Crippen LogP contribution in [0.2, 0.25) is 0 Å². The Morgan fingerprint density at radius 3 is 2.69 bits per heavy atom. The molecule has 0 N–H and O–H groups in total. The average Bonchev–Trinajstić information content (AvgIpc) is 3.10. The molecule has 2 rings (SSSR count). The van der Waals surface area contributed by atoms with Gasteiger partial charge in [0.05, 0.1) is 12.0 Å². The first-order valence-corrected chi connectivity index (χ1v) is 6.78. The second kappa shape index (κ2) is 4.50. The molecule has 0 unspecified atom stereocenters. The van der Waals surface area contributed by atoms with E-state index >= 15 is 0 Å². The summed E-state index contributed by atoms with van der Waals surface area (Å²) in [6.45, 7) is 2.32. The number of rotatable bonds is 4. The van der Waals surface area contributed by atoms with Gasteiger partial charge in [0.25, 0.3) is 0 Å². The van der Waals surface area contributed by atoms with Crippen LogP contribution in [0.3, 0.4) is 0 Å². The van der Waals surface area contributed by atoms with Gasteiger partial charge in [0.1, 0.15) is 0 Å². The van der Waals surface area contributed by atoms with Crippen molar-refractivity contribution in [2.45, 2.75) is 30.1 Å². The molecule has 1 aliphatic rings. The third-order valence-electron chi connectivity index (χ3n) is 3.04. The molecule has 2 nitrogen and oxygen atoms in total. The third kappa shape index (κ3) is 1.84. The molecule has 86 valence electrons. The Bertz CT molecular complexity index is 397. The van der Waals surface area contributed by atoms with Crippen LogP contribution in [0.1, 0.15) is 25.3 Å². The average molecular weight is 236 g/mol. The van der Waals surface area contributed by atoms with Crippen molar-refractivity contribution in [3.05, 3.63) is 29.8 Å². The van der Waals surface area contributed by atoms with Gasteiger partial charge in [-0.15, -0.1) is 11.8 Å². The Morgan fingerprint density at radius 2 is 2.12 bits per heavy atom. The predicted molar refractivity (Wildman–Crippen MR) is 65.8 cm³/mol. The van der Waals surface area contributed by atoms with E-state index in [1.165, 1.54) is 4.90 Å². The highest BCUT2D eigenvalue weighted by molar-refractivity contribution is 7.98. The van der Waals surface area contributed by atoms with Gasteiger partial charge in [-0.25, -0.2) is 0 Å². The molecule has 1 aromatic rings. The van der Waals surface area contributed by atoms with Crippen LogP contribution in [0.15, 0.2) is 29.2 Å². The Balaban J connectivity index is 2.33. The molecular weight excluding hydrogens is 220 g/mol. The summed E-state index contributed by atoms with van der Waals surface area (Å²) >= 11 is 1.69. The summed E-state index contributed by atoms with van der Waals surface area (Å²) in [6.07, 6.45) is 3.88. The summed E-state index contributed by atoms with van der Waals surface area (Å²) in [5.41, 5.74) is 0.802. The molecular formula is C13H16O2S.